The molecular formula is C16H36N4. The van der Waals surface area contributed by atoms with E-state index < -0.39 is 0 Å². The van der Waals surface area contributed by atoms with Crippen LogP contribution in [0.3, 0.4) is 0 Å². The van der Waals surface area contributed by atoms with Gasteiger partial charge in [-0.2, -0.15) is 0 Å². The highest BCUT2D eigenvalue weighted by atomic mass is 15.3. The van der Waals surface area contributed by atoms with Crippen LogP contribution in [-0.2, 0) is 0 Å². The van der Waals surface area contributed by atoms with Crippen LogP contribution in [0.4, 0.5) is 0 Å². The maximum atomic E-state index is 2.74. The fraction of sp³-hybridized carbons (Fsp3) is 1.00. The van der Waals surface area contributed by atoms with Gasteiger partial charge < -0.3 is 14.7 Å². The Hall–Kier alpha value is -0.160. The first kappa shape index (κ1) is 17.9. The van der Waals surface area contributed by atoms with Crippen LogP contribution in [0.25, 0.3) is 0 Å². The van der Waals surface area contributed by atoms with Crippen LogP contribution in [0.2, 0.25) is 0 Å². The standard InChI is InChI=1S/C16H36N4/c1-17(2)11-13-20(14-12-18(3)4)16-10-8-7-9-15(16)19(5)6/h15-16H,7-14H2,1-6H3. The molecule has 0 bridgehead atoms. The summed E-state index contributed by atoms with van der Waals surface area (Å²) in [4.78, 5) is 9.79. The summed E-state index contributed by atoms with van der Waals surface area (Å²) >= 11 is 0. The van der Waals surface area contributed by atoms with Crippen LogP contribution in [0.5, 0.6) is 0 Å². The molecule has 4 nitrogen and oxygen atoms in total. The lowest BCUT2D eigenvalue weighted by molar-refractivity contribution is 0.0643. The molecule has 0 aromatic carbocycles. The Morgan fingerprint density at radius 2 is 1.10 bits per heavy atom. The minimum Gasteiger partial charge on any atom is -0.308 e. The Balaban J connectivity index is 2.66. The molecule has 1 rings (SSSR count). The van der Waals surface area contributed by atoms with E-state index in [-0.39, 0.29) is 0 Å². The molecule has 1 saturated carbocycles. The molecule has 0 aliphatic heterocycles. The summed E-state index contributed by atoms with van der Waals surface area (Å²) in [6.45, 7) is 4.69. The smallest absolute Gasteiger partial charge is 0.0252 e. The lowest BCUT2D eigenvalue weighted by Gasteiger charge is -2.43. The van der Waals surface area contributed by atoms with Gasteiger partial charge in [-0.05, 0) is 55.1 Å². The van der Waals surface area contributed by atoms with Gasteiger partial charge >= 0.3 is 0 Å². The minimum absolute atomic E-state index is 0.730. The third-order valence-electron chi connectivity index (χ3n) is 4.50. The van der Waals surface area contributed by atoms with E-state index in [9.17, 15) is 0 Å². The lowest BCUT2D eigenvalue weighted by atomic mass is 9.88. The molecule has 0 aromatic heterocycles. The molecular weight excluding hydrogens is 248 g/mol. The number of rotatable bonds is 8. The van der Waals surface area contributed by atoms with Gasteiger partial charge in [0.25, 0.3) is 0 Å². The van der Waals surface area contributed by atoms with E-state index in [2.05, 4.69) is 61.9 Å². The molecule has 0 amide bonds. The van der Waals surface area contributed by atoms with Crippen molar-refractivity contribution in [2.45, 2.75) is 37.8 Å². The van der Waals surface area contributed by atoms with E-state index in [1.54, 1.807) is 0 Å². The van der Waals surface area contributed by atoms with Crippen molar-refractivity contribution in [2.24, 2.45) is 0 Å². The molecule has 2 atom stereocenters. The van der Waals surface area contributed by atoms with Crippen molar-refractivity contribution >= 4 is 0 Å². The average Bonchev–Trinajstić information content (AvgIpc) is 2.38. The molecule has 0 saturated heterocycles. The monoisotopic (exact) mass is 284 g/mol. The van der Waals surface area contributed by atoms with Gasteiger partial charge in [-0.1, -0.05) is 12.8 Å². The predicted octanol–water partition coefficient (Wildman–Crippen LogP) is 1.28. The van der Waals surface area contributed by atoms with Crippen molar-refractivity contribution < 1.29 is 0 Å². The van der Waals surface area contributed by atoms with Crippen LogP contribution in [0, 0.1) is 0 Å². The zero-order valence-corrected chi connectivity index (χ0v) is 14.6. The largest absolute Gasteiger partial charge is 0.308 e. The zero-order valence-electron chi connectivity index (χ0n) is 14.6. The van der Waals surface area contributed by atoms with Gasteiger partial charge in [0.1, 0.15) is 0 Å². The molecule has 0 radical (unpaired) electrons. The number of hydrogen-bond donors (Lipinski definition) is 0. The highest BCUT2D eigenvalue weighted by Gasteiger charge is 2.31. The van der Waals surface area contributed by atoms with Gasteiger partial charge in [-0.3, -0.25) is 4.90 Å². The second-order valence-corrected chi connectivity index (χ2v) is 7.03. The van der Waals surface area contributed by atoms with Crippen molar-refractivity contribution in [3.8, 4) is 0 Å². The molecule has 0 N–H and O–H groups in total. The third kappa shape index (κ3) is 6.08. The topological polar surface area (TPSA) is 13.0 Å². The van der Waals surface area contributed by atoms with E-state index >= 15 is 0 Å². The van der Waals surface area contributed by atoms with Crippen LogP contribution in [-0.4, -0.2) is 100 Å². The van der Waals surface area contributed by atoms with Crippen molar-refractivity contribution in [3.05, 3.63) is 0 Å². The lowest BCUT2D eigenvalue weighted by Crippen LogP contribution is -2.53. The molecule has 0 heterocycles. The van der Waals surface area contributed by atoms with E-state index in [0.29, 0.717) is 0 Å². The van der Waals surface area contributed by atoms with Crippen molar-refractivity contribution in [1.82, 2.24) is 19.6 Å². The number of nitrogens with zero attached hydrogens (tertiary/aromatic N) is 4. The van der Waals surface area contributed by atoms with Crippen LogP contribution in [0.1, 0.15) is 25.7 Å². The molecule has 4 heteroatoms. The zero-order chi connectivity index (χ0) is 15.1. The van der Waals surface area contributed by atoms with Crippen LogP contribution < -0.4 is 0 Å². The fourth-order valence-corrected chi connectivity index (χ4v) is 3.22. The number of hydrogen-bond acceptors (Lipinski definition) is 4. The highest BCUT2D eigenvalue weighted by Crippen LogP contribution is 2.26. The molecule has 120 valence electrons. The summed E-state index contributed by atoms with van der Waals surface area (Å²) in [5, 5.41) is 0. The van der Waals surface area contributed by atoms with Gasteiger partial charge in [0.2, 0.25) is 0 Å². The van der Waals surface area contributed by atoms with E-state index in [0.717, 1.165) is 25.2 Å². The fourth-order valence-electron chi connectivity index (χ4n) is 3.22. The van der Waals surface area contributed by atoms with E-state index in [4.69, 9.17) is 0 Å². The summed E-state index contributed by atoms with van der Waals surface area (Å²) < 4.78 is 0. The van der Waals surface area contributed by atoms with Gasteiger partial charge in [0, 0.05) is 38.3 Å². The molecule has 0 spiro atoms. The number of likely N-dealkylation sites (N-methyl/N-ethyl adjacent to an activating group) is 3. The maximum Gasteiger partial charge on any atom is 0.0252 e. The van der Waals surface area contributed by atoms with Crippen LogP contribution in [0.15, 0.2) is 0 Å². The summed E-state index contributed by atoms with van der Waals surface area (Å²) in [7, 11) is 13.2. The Kier molecular flexibility index (Phi) is 8.03. The first-order valence-electron chi connectivity index (χ1n) is 8.11. The molecule has 1 fully saturated rings. The summed E-state index contributed by atoms with van der Waals surface area (Å²) in [6, 6.07) is 1.46. The first-order valence-corrected chi connectivity index (χ1v) is 8.11. The van der Waals surface area contributed by atoms with Gasteiger partial charge in [0.05, 0.1) is 0 Å². The second-order valence-electron chi connectivity index (χ2n) is 7.03. The van der Waals surface area contributed by atoms with Crippen LogP contribution >= 0.6 is 0 Å². The molecule has 0 aromatic rings. The maximum absolute atomic E-state index is 2.74. The minimum atomic E-state index is 0.730. The Morgan fingerprint density at radius 1 is 0.650 bits per heavy atom. The normalized spacial score (nSPS) is 24.3. The predicted molar refractivity (Wildman–Crippen MR) is 88.4 cm³/mol. The van der Waals surface area contributed by atoms with Gasteiger partial charge in [-0.15, -0.1) is 0 Å². The summed E-state index contributed by atoms with van der Waals surface area (Å²) in [6.07, 6.45) is 5.52. The van der Waals surface area contributed by atoms with E-state index in [1.807, 2.05) is 0 Å². The second kappa shape index (κ2) is 8.98. The molecule has 1 aliphatic carbocycles. The van der Waals surface area contributed by atoms with E-state index in [1.165, 1.54) is 38.8 Å². The molecule has 1 aliphatic rings. The Bertz CT molecular complexity index is 241. The van der Waals surface area contributed by atoms with Crippen molar-refractivity contribution in [1.29, 1.82) is 0 Å². The van der Waals surface area contributed by atoms with Crippen molar-refractivity contribution in [2.75, 3.05) is 68.5 Å². The summed E-state index contributed by atoms with van der Waals surface area (Å²) in [5.74, 6) is 0. The van der Waals surface area contributed by atoms with Gasteiger partial charge in [-0.25, -0.2) is 0 Å². The first-order chi connectivity index (χ1) is 9.41. The van der Waals surface area contributed by atoms with Gasteiger partial charge in [0.15, 0.2) is 0 Å². The Morgan fingerprint density at radius 3 is 1.50 bits per heavy atom. The highest BCUT2D eigenvalue weighted by molar-refractivity contribution is 4.88. The average molecular weight is 284 g/mol. The Labute approximate surface area is 126 Å². The third-order valence-corrected chi connectivity index (χ3v) is 4.50. The summed E-state index contributed by atoms with van der Waals surface area (Å²) in [5.41, 5.74) is 0. The molecule has 20 heavy (non-hydrogen) atoms. The quantitative estimate of drug-likeness (QED) is 0.666. The molecule has 2 unspecified atom stereocenters. The van der Waals surface area contributed by atoms with Crippen molar-refractivity contribution in [3.63, 3.8) is 0 Å². The SMILES string of the molecule is CN(C)CCN(CCN(C)C)C1CCCCC1N(C)C.